The zero-order valence-electron chi connectivity index (χ0n) is 77.4. The van der Waals surface area contributed by atoms with Crippen LogP contribution in [0.25, 0.3) is 0 Å². The summed E-state index contributed by atoms with van der Waals surface area (Å²) in [6.45, 7) is 54.3. The van der Waals surface area contributed by atoms with Crippen molar-refractivity contribution in [2.75, 3.05) is 26.2 Å². The van der Waals surface area contributed by atoms with Crippen LogP contribution in [0.4, 0.5) is 0 Å². The molecule has 121 heavy (non-hydrogen) atoms. The summed E-state index contributed by atoms with van der Waals surface area (Å²) in [4.78, 5) is 82.5. The molecule has 29 atom stereocenters. The molecule has 0 bridgehead atoms. The number of aliphatic hydroxyl groups excluding tert-OH is 15. The van der Waals surface area contributed by atoms with Gasteiger partial charge in [0, 0.05) is 117 Å². The molecular formula is C86H164N6O29. The van der Waals surface area contributed by atoms with Crippen molar-refractivity contribution in [1.29, 1.82) is 0 Å². The molecule has 7 aliphatic heterocycles. The van der Waals surface area contributed by atoms with Crippen LogP contribution in [0.15, 0.2) is 0 Å². The molecule has 0 spiro atoms. The number of ether oxygens (including phenoxy) is 7. The average Bonchev–Trinajstić information content (AvgIpc) is 1.80. The molecule has 11 unspecified atom stereocenters. The van der Waals surface area contributed by atoms with Crippen molar-refractivity contribution in [3.05, 3.63) is 0 Å². The monoisotopic (exact) mass is 1750 g/mol. The maximum Gasteiger partial charge on any atom is 0.183 e. The third-order valence-electron chi connectivity index (χ3n) is 21.2. The van der Waals surface area contributed by atoms with E-state index in [0.717, 1.165) is 6.42 Å². The van der Waals surface area contributed by atoms with Crippen LogP contribution in [-0.4, -0.2) is 357 Å². The number of carbonyl (C=O) groups is 7. The molecule has 0 aliphatic carbocycles. The average molecular weight is 1750 g/mol. The minimum absolute atomic E-state index is 0.0451. The van der Waals surface area contributed by atoms with E-state index >= 15 is 0 Å². The minimum atomic E-state index is -1.36. The first-order valence-electron chi connectivity index (χ1n) is 43.8. The van der Waals surface area contributed by atoms with Crippen LogP contribution in [0.3, 0.4) is 0 Å². The second-order valence-corrected chi connectivity index (χ2v) is 37.3. The summed E-state index contributed by atoms with van der Waals surface area (Å²) in [7, 11) is 0. The Balaban J connectivity index is 0.000000706. The summed E-state index contributed by atoms with van der Waals surface area (Å²) >= 11 is 0. The molecule has 7 heterocycles. The smallest absolute Gasteiger partial charge is 0.183 e. The number of aliphatic hydroxyl groups is 15. The summed E-state index contributed by atoms with van der Waals surface area (Å²) in [5.74, 6) is -1.46. The van der Waals surface area contributed by atoms with E-state index in [1.807, 2.05) is 111 Å². The quantitative estimate of drug-likeness (QED) is 0.0376. The molecule has 7 aliphatic rings. The lowest BCUT2D eigenvalue weighted by molar-refractivity contribution is -0.222. The Labute approximate surface area is 719 Å². The Morgan fingerprint density at radius 3 is 0.702 bits per heavy atom. The topological polar surface area (TPSA) is 560 Å². The molecule has 35 heteroatoms. The number of nitrogens with one attached hydrogen (secondary N) is 6. The maximum atomic E-state index is 12.0. The number of carbonyl (C=O) groups excluding carboxylic acids is 7. The fourth-order valence-corrected chi connectivity index (χ4v) is 13.4. The summed E-state index contributed by atoms with van der Waals surface area (Å²) in [6, 6.07) is 0.246. The number of rotatable bonds is 35. The maximum absolute atomic E-state index is 12.0. The Hall–Kier alpha value is -3.43. The van der Waals surface area contributed by atoms with Gasteiger partial charge in [-0.25, -0.2) is 0 Å². The van der Waals surface area contributed by atoms with E-state index in [2.05, 4.69) is 45.7 Å². The summed E-state index contributed by atoms with van der Waals surface area (Å²) in [5, 5.41) is 165. The molecule has 7 saturated heterocycles. The lowest BCUT2D eigenvalue weighted by atomic mass is 9.87. The van der Waals surface area contributed by atoms with E-state index in [1.54, 1.807) is 69.2 Å². The largest absolute Gasteiger partial charge is 0.388 e. The van der Waals surface area contributed by atoms with Gasteiger partial charge in [-0.15, -0.1) is 0 Å². The lowest BCUT2D eigenvalue weighted by Crippen LogP contribution is -2.60. The number of ketones is 7. The van der Waals surface area contributed by atoms with Crippen molar-refractivity contribution in [1.82, 2.24) is 31.9 Å². The molecule has 21 N–H and O–H groups in total. The van der Waals surface area contributed by atoms with Crippen molar-refractivity contribution in [2.24, 2.45) is 47.3 Å². The van der Waals surface area contributed by atoms with E-state index in [1.165, 1.54) is 0 Å². The molecule has 0 aromatic heterocycles. The van der Waals surface area contributed by atoms with Crippen molar-refractivity contribution in [3.8, 4) is 0 Å². The van der Waals surface area contributed by atoms with Crippen LogP contribution >= 0.6 is 0 Å². The van der Waals surface area contributed by atoms with Gasteiger partial charge in [0.1, 0.15) is 121 Å². The second kappa shape index (κ2) is 55.4. The van der Waals surface area contributed by atoms with Gasteiger partial charge >= 0.3 is 0 Å². The highest BCUT2D eigenvalue weighted by Crippen LogP contribution is 2.32. The second-order valence-electron chi connectivity index (χ2n) is 37.3. The highest BCUT2D eigenvalue weighted by molar-refractivity contribution is 5.88. The summed E-state index contributed by atoms with van der Waals surface area (Å²) in [6.07, 6.45) is -23.0. The first kappa shape index (κ1) is 116. The predicted octanol–water partition coefficient (Wildman–Crippen LogP) is -0.615. The summed E-state index contributed by atoms with van der Waals surface area (Å²) < 4.78 is 37.8. The molecule has 0 saturated carbocycles. The van der Waals surface area contributed by atoms with Gasteiger partial charge in [-0.3, -0.25) is 33.6 Å². The van der Waals surface area contributed by atoms with Crippen LogP contribution < -0.4 is 31.9 Å². The minimum Gasteiger partial charge on any atom is -0.388 e. The Kier molecular flexibility index (Phi) is 53.0. The third kappa shape index (κ3) is 37.7. The Morgan fingerprint density at radius 2 is 0.463 bits per heavy atom. The van der Waals surface area contributed by atoms with Crippen molar-refractivity contribution >= 4 is 40.5 Å². The van der Waals surface area contributed by atoms with Crippen LogP contribution in [-0.2, 0) is 66.7 Å². The predicted molar refractivity (Wildman–Crippen MR) is 452 cm³/mol. The molecule has 35 nitrogen and oxygen atoms in total. The lowest BCUT2D eigenvalue weighted by Gasteiger charge is -2.40. The van der Waals surface area contributed by atoms with Crippen molar-refractivity contribution < 1.29 is 143 Å². The summed E-state index contributed by atoms with van der Waals surface area (Å²) in [5.41, 5.74) is 0. The molecule has 0 radical (unpaired) electrons. The molecule has 0 aromatic carbocycles. The van der Waals surface area contributed by atoms with E-state index < -0.39 is 177 Å². The van der Waals surface area contributed by atoms with Gasteiger partial charge in [0.05, 0.1) is 54.8 Å². The standard InChI is InChI=1S/C14H26O5.2C13H25NO4.2C12H23NO4.2C11H21NO4/c1-7(2)5-6-9-11(16)12(17)13(18)14(19-9)10(15)8(3)4;2*1-7(2)9(15)5-10-12(16)13(17)11(18-10)6-14-8(3)4;2*1-6(2)9(14)12-11(16)10(15)8(17-12)5-13-7(3)4;2*1-5(2)8(13)10-7(12-6(3)4)9(14)11(15)16-10/h7-9,11-14,16-18H,5-6H2,1-4H3;2*7-8,10-14,16-17H,5-6H2,1-4H3;2*6-8,10-13,15-16H,5H2,1-4H3;2*5-7,9-12,14-15H,1-4H3/t9-,11?,12+,13?,14+;10-,11+,12?,13?;10-,11-,12?,13?;8-,10?,11?,12?;8-,10?,11?,12-;7-,9+,10+,11-;7-,9+,10-,11-/m0011100/s1. The van der Waals surface area contributed by atoms with Crippen LogP contribution in [0.2, 0.25) is 0 Å². The number of Topliss-reactive ketones (excluding diaryl/α,β-unsaturated/α-hetero) is 7. The Bertz CT molecular complexity index is 2820. The SMILES string of the molecule is CC(C)CC[C@@H]1O[C@H](C(=O)C(C)C)C(O)[C@H](O)C1O.CC(C)NC[C@H]1OC(C(=O)C(C)C)C(O)C1O.CC(C)NC[C@H]1O[C@@H](CC(=O)C(C)C)C(O)C1O.CC(C)NC[C@H]1O[C@H](C(=O)C(C)C)C(O)C1O.CC(C)NC[C@H]1O[C@H](CC(=O)C(C)C)C(O)C1O.CC(C)N[C@H]1[C@@H](O)[C@@H](O)O[C@@H]1C(=O)C(C)C.CC(C)N[C@H]1[C@@H](O)[C@@H](O)O[C@H]1C(=O)C(C)C. The van der Waals surface area contributed by atoms with Gasteiger partial charge in [0.15, 0.2) is 41.5 Å². The van der Waals surface area contributed by atoms with Gasteiger partial charge in [-0.2, -0.15) is 0 Å². The third-order valence-corrected chi connectivity index (χ3v) is 21.2. The fourth-order valence-electron chi connectivity index (χ4n) is 13.4. The van der Waals surface area contributed by atoms with E-state index in [4.69, 9.17) is 33.2 Å². The zero-order valence-corrected chi connectivity index (χ0v) is 77.4. The fraction of sp³-hybridized carbons (Fsp3) is 0.919. The van der Waals surface area contributed by atoms with Gasteiger partial charge < -0.3 is 142 Å². The van der Waals surface area contributed by atoms with E-state index in [9.17, 15) is 110 Å². The van der Waals surface area contributed by atoms with Crippen LogP contribution in [0.1, 0.15) is 220 Å². The first-order chi connectivity index (χ1) is 55.8. The van der Waals surface area contributed by atoms with Crippen LogP contribution in [0, 0.1) is 47.3 Å². The van der Waals surface area contributed by atoms with Crippen molar-refractivity contribution in [2.45, 2.75) is 433 Å². The number of hydrogen-bond donors (Lipinski definition) is 21. The molecular weight excluding hydrogens is 1580 g/mol. The zero-order chi connectivity index (χ0) is 93.7. The van der Waals surface area contributed by atoms with Crippen LogP contribution in [0.5, 0.6) is 0 Å². The van der Waals surface area contributed by atoms with Gasteiger partial charge in [-0.1, -0.05) is 194 Å². The normalized spacial score (nSPS) is 34.0. The Morgan fingerprint density at radius 1 is 0.240 bits per heavy atom. The first-order valence-corrected chi connectivity index (χ1v) is 43.8. The molecule has 0 amide bonds. The molecule has 7 rings (SSSR count). The van der Waals surface area contributed by atoms with Gasteiger partial charge in [-0.05, 0) is 18.8 Å². The molecule has 7 fully saturated rings. The highest BCUT2D eigenvalue weighted by atomic mass is 16.6. The molecule has 0 aromatic rings. The highest BCUT2D eigenvalue weighted by Gasteiger charge is 2.52. The van der Waals surface area contributed by atoms with Gasteiger partial charge in [0.25, 0.3) is 0 Å². The van der Waals surface area contributed by atoms with Crippen molar-refractivity contribution in [3.63, 3.8) is 0 Å². The molecule has 712 valence electrons. The number of hydrogen-bond acceptors (Lipinski definition) is 35. The van der Waals surface area contributed by atoms with Gasteiger partial charge in [0.2, 0.25) is 0 Å². The van der Waals surface area contributed by atoms with E-state index in [0.29, 0.717) is 38.5 Å². The van der Waals surface area contributed by atoms with E-state index in [-0.39, 0.29) is 131 Å².